The van der Waals surface area contributed by atoms with Crippen LogP contribution < -0.4 is 10.1 Å². The quantitative estimate of drug-likeness (QED) is 0.256. The van der Waals surface area contributed by atoms with E-state index >= 15 is 0 Å². The second-order valence-electron chi connectivity index (χ2n) is 9.82. The number of hydrogen-bond donors (Lipinski definition) is 2. The van der Waals surface area contributed by atoms with E-state index in [9.17, 15) is 5.11 Å². The average molecular weight is 514 g/mol. The second-order valence-corrected chi connectivity index (χ2v) is 10.4. The van der Waals surface area contributed by atoms with Gasteiger partial charge in [-0.2, -0.15) is 0 Å². The Hall–Kier alpha value is -4.02. The highest BCUT2D eigenvalue weighted by Gasteiger charge is 2.19. The number of anilines is 2. The van der Waals surface area contributed by atoms with Crippen LogP contribution in [0, 0.1) is 12.3 Å². The molecule has 0 atom stereocenters. The molecule has 0 spiro atoms. The second kappa shape index (κ2) is 10.2. The molecular weight excluding hydrogens is 486 g/mol. The maximum absolute atomic E-state index is 9.57. The van der Waals surface area contributed by atoms with E-state index in [-0.39, 0.29) is 12.0 Å². The van der Waals surface area contributed by atoms with Gasteiger partial charge in [0.15, 0.2) is 5.65 Å². The van der Waals surface area contributed by atoms with Gasteiger partial charge >= 0.3 is 0 Å². The number of fused-ring (bicyclic) bond motifs is 2. The Kier molecular flexibility index (Phi) is 6.77. The van der Waals surface area contributed by atoms with Gasteiger partial charge in [0, 0.05) is 30.2 Å². The zero-order chi connectivity index (χ0) is 26.0. The monoisotopic (exact) mass is 513 g/mol. The van der Waals surface area contributed by atoms with E-state index in [0.717, 1.165) is 32.6 Å². The van der Waals surface area contributed by atoms with Gasteiger partial charge in [-0.1, -0.05) is 32.1 Å². The third-order valence-corrected chi connectivity index (χ3v) is 6.31. The highest BCUT2D eigenvalue weighted by molar-refractivity contribution is 7.80. The number of ether oxygens (including phenoxy) is 1. The van der Waals surface area contributed by atoms with Crippen LogP contribution in [0.1, 0.15) is 31.4 Å². The van der Waals surface area contributed by atoms with Crippen molar-refractivity contribution in [2.24, 2.45) is 5.41 Å². The minimum absolute atomic E-state index is 0.101. The van der Waals surface area contributed by atoms with Gasteiger partial charge in [0.2, 0.25) is 5.88 Å². The van der Waals surface area contributed by atoms with Crippen LogP contribution in [0.3, 0.4) is 0 Å². The van der Waals surface area contributed by atoms with E-state index in [0.29, 0.717) is 35.9 Å². The summed E-state index contributed by atoms with van der Waals surface area (Å²) in [5.41, 5.74) is 4.17. The predicted octanol–water partition coefficient (Wildman–Crippen LogP) is 5.23. The number of aliphatic hydroxyl groups is 1. The van der Waals surface area contributed by atoms with Crippen molar-refractivity contribution < 1.29 is 9.84 Å². The molecule has 3 heterocycles. The van der Waals surface area contributed by atoms with Gasteiger partial charge in [-0.05, 0) is 65.1 Å². The molecule has 0 bridgehead atoms. The summed E-state index contributed by atoms with van der Waals surface area (Å²) in [5.74, 6) is 1.84. The molecule has 10 heteroatoms. The minimum atomic E-state index is -0.225. The van der Waals surface area contributed by atoms with Gasteiger partial charge in [0.1, 0.15) is 30.5 Å². The van der Waals surface area contributed by atoms with Crippen LogP contribution in [0.25, 0.3) is 16.6 Å². The highest BCUT2D eigenvalue weighted by Crippen LogP contribution is 2.30. The van der Waals surface area contributed by atoms with Gasteiger partial charge in [0.25, 0.3) is 0 Å². The first-order chi connectivity index (χ1) is 17.8. The summed E-state index contributed by atoms with van der Waals surface area (Å²) in [6.07, 6.45) is 6.09. The van der Waals surface area contributed by atoms with Gasteiger partial charge in [-0.3, -0.25) is 4.40 Å². The van der Waals surface area contributed by atoms with Crippen LogP contribution in [0.5, 0.6) is 11.6 Å². The molecule has 0 fully saturated rings. The third kappa shape index (κ3) is 5.71. The normalized spacial score (nSPS) is 11.7. The van der Waals surface area contributed by atoms with Gasteiger partial charge in [0.05, 0.1) is 5.52 Å². The number of nitrogens with one attached hydrogen (secondary N) is 1. The van der Waals surface area contributed by atoms with Crippen molar-refractivity contribution in [1.29, 1.82) is 0 Å². The van der Waals surface area contributed by atoms with E-state index in [2.05, 4.69) is 36.5 Å². The maximum Gasteiger partial charge on any atom is 0.224 e. The summed E-state index contributed by atoms with van der Waals surface area (Å²) in [7, 11) is 0. The summed E-state index contributed by atoms with van der Waals surface area (Å²) in [6.45, 7) is 6.10. The molecule has 2 N–H and O–H groups in total. The molecule has 37 heavy (non-hydrogen) atoms. The fourth-order valence-electron chi connectivity index (χ4n) is 4.05. The molecule has 0 aliphatic heterocycles. The van der Waals surface area contributed by atoms with Crippen LogP contribution >= 0.6 is 12.2 Å². The fraction of sp³-hybridized carbons (Fsp3) is 0.259. The summed E-state index contributed by atoms with van der Waals surface area (Å²) in [5, 5.41) is 21.8. The lowest BCUT2D eigenvalue weighted by Crippen LogP contribution is -2.21. The van der Waals surface area contributed by atoms with Gasteiger partial charge in [-0.15, -0.1) is 10.2 Å². The molecule has 0 radical (unpaired) electrons. The Morgan fingerprint density at radius 3 is 2.76 bits per heavy atom. The van der Waals surface area contributed by atoms with E-state index < -0.39 is 0 Å². The Morgan fingerprint density at radius 1 is 1.08 bits per heavy atom. The lowest BCUT2D eigenvalue weighted by molar-refractivity contribution is 0.166. The zero-order valence-corrected chi connectivity index (χ0v) is 21.7. The third-order valence-electron chi connectivity index (χ3n) is 6.02. The predicted molar refractivity (Wildman–Crippen MR) is 147 cm³/mol. The topological polar surface area (TPSA) is 110 Å². The first-order valence-electron chi connectivity index (χ1n) is 11.9. The number of benzene rings is 2. The SMILES string of the molecule is Cc1cc(Nc2ncnc3ccc(CC(=S)CC(C)(C)CO)cc23)ccc1Oc1cc2nncn2cn1. The molecule has 0 unspecified atom stereocenters. The summed E-state index contributed by atoms with van der Waals surface area (Å²) < 4.78 is 7.70. The zero-order valence-electron chi connectivity index (χ0n) is 20.8. The Balaban J connectivity index is 1.34. The van der Waals surface area contributed by atoms with Crippen LogP contribution in [0.4, 0.5) is 11.5 Å². The maximum atomic E-state index is 9.57. The smallest absolute Gasteiger partial charge is 0.224 e. The van der Waals surface area contributed by atoms with E-state index in [1.54, 1.807) is 29.4 Å². The first kappa shape index (κ1) is 24.7. The molecule has 5 rings (SSSR count). The van der Waals surface area contributed by atoms with Crippen molar-refractivity contribution >= 4 is 45.1 Å². The molecule has 188 valence electrons. The number of aryl methyl sites for hydroxylation is 1. The standard InChI is InChI=1S/C27H27N7O2S/c1-17-8-19(5-7-23(17)36-25-11-24-33-31-16-34(24)15-30-25)32-26-21-10-18(4-6-22(21)28-14-29-26)9-20(37)12-27(2,3)13-35/h4-8,10-11,14-16,35H,9,12-13H2,1-3H3,(H,28,29,32). The van der Waals surface area contributed by atoms with E-state index in [4.69, 9.17) is 17.0 Å². The largest absolute Gasteiger partial charge is 0.439 e. The summed E-state index contributed by atoms with van der Waals surface area (Å²) in [4.78, 5) is 14.1. The van der Waals surface area contributed by atoms with Crippen molar-refractivity contribution in [1.82, 2.24) is 29.5 Å². The number of aliphatic hydroxyl groups excluding tert-OH is 1. The fourth-order valence-corrected chi connectivity index (χ4v) is 4.61. The lowest BCUT2D eigenvalue weighted by atomic mass is 9.87. The average Bonchev–Trinajstić information content (AvgIpc) is 3.34. The van der Waals surface area contributed by atoms with Crippen molar-refractivity contribution in [2.45, 2.75) is 33.6 Å². The lowest BCUT2D eigenvalue weighted by Gasteiger charge is -2.21. The van der Waals surface area contributed by atoms with Crippen LogP contribution in [0.2, 0.25) is 0 Å². The molecule has 0 aliphatic carbocycles. The summed E-state index contributed by atoms with van der Waals surface area (Å²) in [6, 6.07) is 13.7. The molecule has 0 saturated heterocycles. The molecule has 3 aromatic heterocycles. The van der Waals surface area contributed by atoms with Gasteiger partial charge in [-0.25, -0.2) is 15.0 Å². The molecular formula is C27H27N7O2S. The highest BCUT2D eigenvalue weighted by atomic mass is 32.1. The number of hydrogen-bond acceptors (Lipinski definition) is 9. The Morgan fingerprint density at radius 2 is 1.95 bits per heavy atom. The molecule has 0 amide bonds. The van der Waals surface area contributed by atoms with Crippen molar-refractivity contribution in [3.63, 3.8) is 0 Å². The molecule has 0 saturated carbocycles. The van der Waals surface area contributed by atoms with E-state index in [1.165, 1.54) is 0 Å². The van der Waals surface area contributed by atoms with Crippen LogP contribution in [0.15, 0.2) is 61.4 Å². The summed E-state index contributed by atoms with van der Waals surface area (Å²) >= 11 is 5.62. The van der Waals surface area contributed by atoms with Crippen molar-refractivity contribution in [2.75, 3.05) is 11.9 Å². The Labute approximate surface area is 219 Å². The molecule has 0 aliphatic rings. The Bertz CT molecular complexity index is 1600. The van der Waals surface area contributed by atoms with Crippen LogP contribution in [-0.2, 0) is 6.42 Å². The number of aromatic nitrogens is 6. The van der Waals surface area contributed by atoms with Crippen LogP contribution in [-0.4, -0.2) is 46.1 Å². The minimum Gasteiger partial charge on any atom is -0.439 e. The van der Waals surface area contributed by atoms with Crippen molar-refractivity contribution in [3.8, 4) is 11.6 Å². The molecule has 5 aromatic rings. The number of thiocarbonyl (C=S) groups is 1. The number of rotatable bonds is 9. The van der Waals surface area contributed by atoms with E-state index in [1.807, 2.05) is 51.1 Å². The number of nitrogens with zero attached hydrogens (tertiary/aromatic N) is 6. The first-order valence-corrected chi connectivity index (χ1v) is 12.3. The molecule has 2 aromatic carbocycles. The van der Waals surface area contributed by atoms with Gasteiger partial charge < -0.3 is 15.2 Å². The van der Waals surface area contributed by atoms with Crippen molar-refractivity contribution in [3.05, 3.63) is 72.6 Å². The molecule has 9 nitrogen and oxygen atoms in total.